The third-order valence-electron chi connectivity index (χ3n) is 1.71. The van der Waals surface area contributed by atoms with Gasteiger partial charge in [0.1, 0.15) is 0 Å². The summed E-state index contributed by atoms with van der Waals surface area (Å²) in [4.78, 5) is 11.2. The summed E-state index contributed by atoms with van der Waals surface area (Å²) >= 11 is 0. The number of hydrogen-bond acceptors (Lipinski definition) is 2. The van der Waals surface area contributed by atoms with Crippen LogP contribution in [0.1, 0.15) is 15.9 Å². The van der Waals surface area contributed by atoms with Gasteiger partial charge in [0.25, 0.3) is 0 Å². The van der Waals surface area contributed by atoms with E-state index in [4.69, 9.17) is 4.74 Å². The standard InChI is InChI=1S/C11H12O2/c1-3-11(12)10-6-4-5-9(7-10)8-13-2/h3-7H,1,8H2,2H3. The van der Waals surface area contributed by atoms with Gasteiger partial charge in [-0.2, -0.15) is 0 Å². The molecule has 0 amide bonds. The quantitative estimate of drug-likeness (QED) is 0.519. The topological polar surface area (TPSA) is 26.3 Å². The molecule has 0 bridgehead atoms. The van der Waals surface area contributed by atoms with E-state index in [0.717, 1.165) is 5.56 Å². The van der Waals surface area contributed by atoms with Gasteiger partial charge in [0.15, 0.2) is 5.78 Å². The molecule has 0 saturated heterocycles. The molecule has 0 spiro atoms. The van der Waals surface area contributed by atoms with E-state index >= 15 is 0 Å². The maximum atomic E-state index is 11.2. The molecule has 1 aromatic rings. The van der Waals surface area contributed by atoms with Crippen molar-refractivity contribution in [3.63, 3.8) is 0 Å². The van der Waals surface area contributed by atoms with Gasteiger partial charge >= 0.3 is 0 Å². The highest BCUT2D eigenvalue weighted by molar-refractivity contribution is 6.04. The fourth-order valence-corrected chi connectivity index (χ4v) is 1.10. The second-order valence-corrected chi connectivity index (χ2v) is 2.70. The molecule has 1 aromatic carbocycles. The number of ether oxygens (including phenoxy) is 1. The summed E-state index contributed by atoms with van der Waals surface area (Å²) in [5.74, 6) is -0.0575. The highest BCUT2D eigenvalue weighted by Gasteiger charge is 2.00. The first-order valence-electron chi connectivity index (χ1n) is 4.02. The lowest BCUT2D eigenvalue weighted by atomic mass is 10.1. The Bertz CT molecular complexity index is 316. The Balaban J connectivity index is 2.91. The minimum atomic E-state index is -0.0575. The summed E-state index contributed by atoms with van der Waals surface area (Å²) < 4.78 is 4.96. The third-order valence-corrected chi connectivity index (χ3v) is 1.71. The SMILES string of the molecule is C=CC(=O)c1cccc(COC)c1. The van der Waals surface area contributed by atoms with Crippen molar-refractivity contribution < 1.29 is 9.53 Å². The molecular formula is C11H12O2. The first kappa shape index (κ1) is 9.68. The molecule has 0 aliphatic rings. The van der Waals surface area contributed by atoms with Crippen LogP contribution in [0.15, 0.2) is 36.9 Å². The molecule has 0 aliphatic heterocycles. The summed E-state index contributed by atoms with van der Waals surface area (Å²) in [6.45, 7) is 3.96. The normalized spacial score (nSPS) is 9.62. The second-order valence-electron chi connectivity index (χ2n) is 2.70. The molecular weight excluding hydrogens is 164 g/mol. The van der Waals surface area contributed by atoms with Crippen molar-refractivity contribution in [1.82, 2.24) is 0 Å². The van der Waals surface area contributed by atoms with Crippen LogP contribution in [0.25, 0.3) is 0 Å². The Morgan fingerprint density at radius 2 is 2.38 bits per heavy atom. The zero-order valence-corrected chi connectivity index (χ0v) is 7.62. The number of carbonyl (C=O) groups excluding carboxylic acids is 1. The second kappa shape index (κ2) is 4.58. The molecule has 0 aromatic heterocycles. The summed E-state index contributed by atoms with van der Waals surface area (Å²) in [6.07, 6.45) is 1.31. The first-order valence-corrected chi connectivity index (χ1v) is 4.02. The monoisotopic (exact) mass is 176 g/mol. The van der Waals surface area contributed by atoms with E-state index in [0.29, 0.717) is 12.2 Å². The smallest absolute Gasteiger partial charge is 0.185 e. The summed E-state index contributed by atoms with van der Waals surface area (Å²) in [6, 6.07) is 7.34. The minimum Gasteiger partial charge on any atom is -0.380 e. The molecule has 0 radical (unpaired) electrons. The fraction of sp³-hybridized carbons (Fsp3) is 0.182. The zero-order valence-electron chi connectivity index (χ0n) is 7.62. The highest BCUT2D eigenvalue weighted by atomic mass is 16.5. The Hall–Kier alpha value is -1.41. The molecule has 0 aliphatic carbocycles. The van der Waals surface area contributed by atoms with Crippen LogP contribution in [0.4, 0.5) is 0 Å². The first-order chi connectivity index (χ1) is 6.27. The van der Waals surface area contributed by atoms with Crippen molar-refractivity contribution >= 4 is 5.78 Å². The molecule has 0 unspecified atom stereocenters. The molecule has 2 heteroatoms. The minimum absolute atomic E-state index is 0.0575. The van der Waals surface area contributed by atoms with E-state index in [2.05, 4.69) is 6.58 Å². The van der Waals surface area contributed by atoms with E-state index < -0.39 is 0 Å². The van der Waals surface area contributed by atoms with Crippen molar-refractivity contribution in [1.29, 1.82) is 0 Å². The number of rotatable bonds is 4. The van der Waals surface area contributed by atoms with Crippen molar-refractivity contribution in [3.05, 3.63) is 48.0 Å². The van der Waals surface area contributed by atoms with E-state index in [9.17, 15) is 4.79 Å². The predicted octanol–water partition coefficient (Wildman–Crippen LogP) is 2.20. The van der Waals surface area contributed by atoms with Crippen LogP contribution < -0.4 is 0 Å². The molecule has 0 fully saturated rings. The lowest BCUT2D eigenvalue weighted by Crippen LogP contribution is -1.95. The van der Waals surface area contributed by atoms with Crippen molar-refractivity contribution in [2.75, 3.05) is 7.11 Å². The van der Waals surface area contributed by atoms with Gasteiger partial charge in [-0.15, -0.1) is 0 Å². The third kappa shape index (κ3) is 2.53. The average molecular weight is 176 g/mol. The van der Waals surface area contributed by atoms with Crippen LogP contribution in [0.2, 0.25) is 0 Å². The Labute approximate surface area is 77.8 Å². The molecule has 0 heterocycles. The number of carbonyl (C=O) groups is 1. The van der Waals surface area contributed by atoms with Gasteiger partial charge < -0.3 is 4.74 Å². The molecule has 13 heavy (non-hydrogen) atoms. The van der Waals surface area contributed by atoms with Crippen LogP contribution in [-0.4, -0.2) is 12.9 Å². The molecule has 2 nitrogen and oxygen atoms in total. The predicted molar refractivity (Wildman–Crippen MR) is 51.7 cm³/mol. The van der Waals surface area contributed by atoms with Gasteiger partial charge in [-0.1, -0.05) is 24.8 Å². The Kier molecular flexibility index (Phi) is 3.41. The maximum absolute atomic E-state index is 11.2. The van der Waals surface area contributed by atoms with E-state index in [-0.39, 0.29) is 5.78 Å². The van der Waals surface area contributed by atoms with Crippen LogP contribution in [-0.2, 0) is 11.3 Å². The van der Waals surface area contributed by atoms with Crippen molar-refractivity contribution in [2.45, 2.75) is 6.61 Å². The number of methoxy groups -OCH3 is 1. The number of allylic oxidation sites excluding steroid dienone is 1. The lowest BCUT2D eigenvalue weighted by molar-refractivity contribution is 0.104. The van der Waals surface area contributed by atoms with E-state index in [1.54, 1.807) is 13.2 Å². The number of ketones is 1. The molecule has 0 N–H and O–H groups in total. The molecule has 0 saturated carbocycles. The van der Waals surface area contributed by atoms with Gasteiger partial charge in [-0.25, -0.2) is 0 Å². The van der Waals surface area contributed by atoms with Gasteiger partial charge in [0.05, 0.1) is 6.61 Å². The fourth-order valence-electron chi connectivity index (χ4n) is 1.10. The van der Waals surface area contributed by atoms with E-state index in [1.165, 1.54) is 6.08 Å². The summed E-state index contributed by atoms with van der Waals surface area (Å²) in [5, 5.41) is 0. The van der Waals surface area contributed by atoms with Crippen LogP contribution in [0.5, 0.6) is 0 Å². The molecule has 0 atom stereocenters. The highest BCUT2D eigenvalue weighted by Crippen LogP contribution is 2.07. The largest absolute Gasteiger partial charge is 0.380 e. The van der Waals surface area contributed by atoms with E-state index in [1.807, 2.05) is 18.2 Å². The van der Waals surface area contributed by atoms with Gasteiger partial charge in [-0.3, -0.25) is 4.79 Å². The average Bonchev–Trinajstić information content (AvgIpc) is 2.18. The summed E-state index contributed by atoms with van der Waals surface area (Å²) in [5.41, 5.74) is 1.65. The van der Waals surface area contributed by atoms with Crippen LogP contribution in [0.3, 0.4) is 0 Å². The number of hydrogen-bond donors (Lipinski definition) is 0. The molecule has 1 rings (SSSR count). The van der Waals surface area contributed by atoms with Crippen LogP contribution >= 0.6 is 0 Å². The Morgan fingerprint density at radius 3 is 3.00 bits per heavy atom. The maximum Gasteiger partial charge on any atom is 0.185 e. The van der Waals surface area contributed by atoms with Crippen molar-refractivity contribution in [3.8, 4) is 0 Å². The molecule has 68 valence electrons. The number of benzene rings is 1. The van der Waals surface area contributed by atoms with Gasteiger partial charge in [0, 0.05) is 12.7 Å². The van der Waals surface area contributed by atoms with Gasteiger partial charge in [-0.05, 0) is 17.7 Å². The lowest BCUT2D eigenvalue weighted by Gasteiger charge is -2.01. The van der Waals surface area contributed by atoms with Crippen molar-refractivity contribution in [2.24, 2.45) is 0 Å². The van der Waals surface area contributed by atoms with Gasteiger partial charge in [0.2, 0.25) is 0 Å². The van der Waals surface area contributed by atoms with Crippen LogP contribution in [0, 0.1) is 0 Å². The summed E-state index contributed by atoms with van der Waals surface area (Å²) in [7, 11) is 1.63. The zero-order chi connectivity index (χ0) is 9.68. The Morgan fingerprint density at radius 1 is 1.62 bits per heavy atom.